The van der Waals surface area contributed by atoms with Crippen LogP contribution in [0, 0.1) is 0 Å². The molecule has 5 nitrogen and oxygen atoms in total. The number of hydrogen-bond donors (Lipinski definition) is 2. The van der Waals surface area contributed by atoms with Crippen LogP contribution in [0.3, 0.4) is 0 Å². The molecule has 0 saturated carbocycles. The van der Waals surface area contributed by atoms with Crippen LogP contribution in [-0.4, -0.2) is 22.6 Å². The van der Waals surface area contributed by atoms with Crippen molar-refractivity contribution in [1.82, 2.24) is 4.98 Å². The van der Waals surface area contributed by atoms with Crippen LogP contribution < -0.4 is 11.3 Å². The Bertz CT molecular complexity index is 840. The van der Waals surface area contributed by atoms with Crippen LogP contribution in [0.4, 0.5) is 0 Å². The molecule has 2 aromatic rings. The Morgan fingerprint density at radius 2 is 2.23 bits per heavy atom. The predicted octanol–water partition coefficient (Wildman–Crippen LogP) is 1.61. The lowest BCUT2D eigenvalue weighted by Crippen LogP contribution is -2.36. The summed E-state index contributed by atoms with van der Waals surface area (Å²) >= 11 is 0. The van der Waals surface area contributed by atoms with E-state index in [1.165, 1.54) is 11.1 Å². The third-order valence-electron chi connectivity index (χ3n) is 4.73. The molecule has 4 rings (SSSR count). The Morgan fingerprint density at radius 1 is 1.36 bits per heavy atom. The van der Waals surface area contributed by atoms with Gasteiger partial charge in [-0.2, -0.15) is 0 Å². The maximum atomic E-state index is 11.6. The average Bonchev–Trinajstić information content (AvgIpc) is 2.98. The molecule has 2 atom stereocenters. The van der Waals surface area contributed by atoms with Crippen LogP contribution in [-0.2, 0) is 17.6 Å². The van der Waals surface area contributed by atoms with Crippen molar-refractivity contribution in [2.24, 2.45) is 10.7 Å². The SMILES string of the molecule is CC1OC(N)=NC12Cc1cccc(-c3cc[nH]c(=O)c3)c1C2. The number of hydrogen-bond acceptors (Lipinski definition) is 4. The Labute approximate surface area is 127 Å². The van der Waals surface area contributed by atoms with Crippen molar-refractivity contribution in [3.63, 3.8) is 0 Å². The van der Waals surface area contributed by atoms with Crippen LogP contribution in [0.15, 0.2) is 46.3 Å². The van der Waals surface area contributed by atoms with Gasteiger partial charge in [0.25, 0.3) is 6.02 Å². The first-order valence-electron chi connectivity index (χ1n) is 7.39. The summed E-state index contributed by atoms with van der Waals surface area (Å²) in [7, 11) is 0. The molecular formula is C17H17N3O2. The van der Waals surface area contributed by atoms with E-state index in [0.29, 0.717) is 0 Å². The molecule has 0 bridgehead atoms. The number of aliphatic imine (C=N–C) groups is 1. The number of nitrogens with two attached hydrogens (primary N) is 1. The average molecular weight is 295 g/mol. The molecule has 1 aliphatic carbocycles. The van der Waals surface area contributed by atoms with Gasteiger partial charge in [-0.1, -0.05) is 18.2 Å². The van der Waals surface area contributed by atoms with Crippen molar-refractivity contribution in [3.8, 4) is 11.1 Å². The molecule has 1 aliphatic heterocycles. The van der Waals surface area contributed by atoms with E-state index in [-0.39, 0.29) is 23.2 Å². The summed E-state index contributed by atoms with van der Waals surface area (Å²) in [6, 6.07) is 10.0. The lowest BCUT2D eigenvalue weighted by Gasteiger charge is -2.23. The predicted molar refractivity (Wildman–Crippen MR) is 84.8 cm³/mol. The second kappa shape index (κ2) is 4.47. The van der Waals surface area contributed by atoms with E-state index in [1.54, 1.807) is 12.3 Å². The van der Waals surface area contributed by atoms with Gasteiger partial charge in [0.1, 0.15) is 11.6 Å². The first-order valence-corrected chi connectivity index (χ1v) is 7.39. The van der Waals surface area contributed by atoms with Crippen molar-refractivity contribution in [3.05, 3.63) is 58.0 Å². The van der Waals surface area contributed by atoms with Gasteiger partial charge in [-0.3, -0.25) is 4.79 Å². The molecule has 112 valence electrons. The van der Waals surface area contributed by atoms with E-state index in [0.717, 1.165) is 24.0 Å². The zero-order valence-electron chi connectivity index (χ0n) is 12.3. The molecule has 0 saturated heterocycles. The summed E-state index contributed by atoms with van der Waals surface area (Å²) in [4.78, 5) is 18.8. The van der Waals surface area contributed by atoms with Gasteiger partial charge in [0, 0.05) is 25.1 Å². The summed E-state index contributed by atoms with van der Waals surface area (Å²) in [6.07, 6.45) is 3.25. The highest BCUT2D eigenvalue weighted by Crippen LogP contribution is 2.42. The molecule has 3 N–H and O–H groups in total. The number of amidine groups is 1. The molecule has 0 radical (unpaired) electrons. The topological polar surface area (TPSA) is 80.5 Å². The molecular weight excluding hydrogens is 278 g/mol. The smallest absolute Gasteiger partial charge is 0.282 e. The van der Waals surface area contributed by atoms with Crippen LogP contribution in [0.1, 0.15) is 18.1 Å². The van der Waals surface area contributed by atoms with Gasteiger partial charge in [-0.25, -0.2) is 4.99 Å². The molecule has 2 aliphatic rings. The summed E-state index contributed by atoms with van der Waals surface area (Å²) in [6.45, 7) is 2.02. The third kappa shape index (κ3) is 1.85. The van der Waals surface area contributed by atoms with Gasteiger partial charge in [-0.05, 0) is 35.2 Å². The highest BCUT2D eigenvalue weighted by atomic mass is 16.5. The number of rotatable bonds is 1. The van der Waals surface area contributed by atoms with Crippen molar-refractivity contribution in [2.45, 2.75) is 31.4 Å². The minimum atomic E-state index is -0.302. The fraction of sp³-hybridized carbons (Fsp3) is 0.294. The minimum absolute atomic E-state index is 0.0353. The highest BCUT2D eigenvalue weighted by Gasteiger charge is 2.48. The van der Waals surface area contributed by atoms with Crippen LogP contribution in [0.2, 0.25) is 0 Å². The van der Waals surface area contributed by atoms with E-state index in [2.05, 4.69) is 22.1 Å². The van der Waals surface area contributed by atoms with E-state index >= 15 is 0 Å². The number of nitrogens with one attached hydrogen (secondary N) is 1. The summed E-state index contributed by atoms with van der Waals surface area (Å²) in [5.41, 5.74) is 9.89. The third-order valence-corrected chi connectivity index (χ3v) is 4.73. The molecule has 2 heterocycles. The molecule has 5 heteroatoms. The maximum Gasteiger partial charge on any atom is 0.282 e. The first-order chi connectivity index (χ1) is 10.6. The lowest BCUT2D eigenvalue weighted by atomic mass is 9.90. The van der Waals surface area contributed by atoms with Crippen molar-refractivity contribution < 1.29 is 4.74 Å². The maximum absolute atomic E-state index is 11.6. The van der Waals surface area contributed by atoms with E-state index in [4.69, 9.17) is 10.5 Å². The van der Waals surface area contributed by atoms with Crippen molar-refractivity contribution >= 4 is 6.02 Å². The Hall–Kier alpha value is -2.56. The second-order valence-electron chi connectivity index (χ2n) is 6.05. The number of benzene rings is 1. The van der Waals surface area contributed by atoms with E-state index < -0.39 is 0 Å². The largest absolute Gasteiger partial charge is 0.460 e. The van der Waals surface area contributed by atoms with Gasteiger partial charge in [-0.15, -0.1) is 0 Å². The Balaban J connectivity index is 1.83. The van der Waals surface area contributed by atoms with Crippen LogP contribution >= 0.6 is 0 Å². The van der Waals surface area contributed by atoms with Crippen LogP contribution in [0.5, 0.6) is 0 Å². The molecule has 22 heavy (non-hydrogen) atoms. The van der Waals surface area contributed by atoms with Gasteiger partial charge in [0.05, 0.1) is 0 Å². The number of H-pyrrole nitrogens is 1. The Kier molecular flexibility index (Phi) is 2.66. The number of fused-ring (bicyclic) bond motifs is 1. The van der Waals surface area contributed by atoms with Gasteiger partial charge in [0.2, 0.25) is 5.56 Å². The van der Waals surface area contributed by atoms with E-state index in [1.807, 2.05) is 19.1 Å². The van der Waals surface area contributed by atoms with Crippen molar-refractivity contribution in [1.29, 1.82) is 0 Å². The molecule has 1 aromatic carbocycles. The van der Waals surface area contributed by atoms with Gasteiger partial charge < -0.3 is 15.5 Å². The summed E-state index contributed by atoms with van der Waals surface area (Å²) in [5.74, 6) is 0. The zero-order chi connectivity index (χ0) is 15.3. The minimum Gasteiger partial charge on any atom is -0.460 e. The fourth-order valence-corrected chi connectivity index (χ4v) is 3.58. The fourth-order valence-electron chi connectivity index (χ4n) is 3.58. The number of pyridine rings is 1. The normalized spacial score (nSPS) is 25.9. The zero-order valence-corrected chi connectivity index (χ0v) is 12.3. The number of aromatic amines is 1. The first kappa shape index (κ1) is 13.1. The lowest BCUT2D eigenvalue weighted by molar-refractivity contribution is 0.157. The summed E-state index contributed by atoms with van der Waals surface area (Å²) in [5, 5.41) is 0. The molecule has 1 aromatic heterocycles. The summed E-state index contributed by atoms with van der Waals surface area (Å²) < 4.78 is 5.57. The standard InChI is InChI=1S/C17H17N3O2/c1-10-17(20-16(18)22-10)8-12-3-2-4-13(14(12)9-17)11-5-6-19-15(21)7-11/h2-7,10H,8-9H2,1H3,(H2,18,20)(H,19,21). The van der Waals surface area contributed by atoms with Crippen LogP contribution in [0.25, 0.3) is 11.1 Å². The molecule has 0 fully saturated rings. The highest BCUT2D eigenvalue weighted by molar-refractivity contribution is 5.76. The monoisotopic (exact) mass is 295 g/mol. The number of aromatic nitrogens is 1. The Morgan fingerprint density at radius 3 is 2.95 bits per heavy atom. The molecule has 0 amide bonds. The molecule has 2 unspecified atom stereocenters. The quantitative estimate of drug-likeness (QED) is 0.838. The number of ether oxygens (including phenoxy) is 1. The number of nitrogens with zero attached hydrogens (tertiary/aromatic N) is 1. The van der Waals surface area contributed by atoms with Gasteiger partial charge >= 0.3 is 0 Å². The van der Waals surface area contributed by atoms with E-state index in [9.17, 15) is 4.79 Å². The molecule has 1 spiro atoms. The van der Waals surface area contributed by atoms with Gasteiger partial charge in [0.15, 0.2) is 0 Å². The second-order valence-corrected chi connectivity index (χ2v) is 6.05. The van der Waals surface area contributed by atoms with Crippen molar-refractivity contribution in [2.75, 3.05) is 0 Å².